The van der Waals surface area contributed by atoms with Crippen LogP contribution in [0.1, 0.15) is 17.3 Å². The van der Waals surface area contributed by atoms with Gasteiger partial charge in [0.25, 0.3) is 0 Å². The summed E-state index contributed by atoms with van der Waals surface area (Å²) in [5.74, 6) is -0.234. The summed E-state index contributed by atoms with van der Waals surface area (Å²) >= 11 is 1.49. The Kier molecular flexibility index (Phi) is 3.73. The maximum absolute atomic E-state index is 13.4. The molecule has 0 saturated heterocycles. The lowest BCUT2D eigenvalue weighted by molar-refractivity contribution is 0.567. The minimum atomic E-state index is -0.234. The van der Waals surface area contributed by atoms with Crippen molar-refractivity contribution in [3.8, 4) is 11.1 Å². The van der Waals surface area contributed by atoms with Gasteiger partial charge >= 0.3 is 0 Å². The maximum Gasteiger partial charge on any atom is 0.136 e. The predicted molar refractivity (Wildman–Crippen MR) is 90.5 cm³/mol. The average Bonchev–Trinajstić information content (AvgIpc) is 3.26. The van der Waals surface area contributed by atoms with E-state index in [1.165, 1.54) is 24.1 Å². The Bertz CT molecular complexity index is 861. The third-order valence-electron chi connectivity index (χ3n) is 3.64. The van der Waals surface area contributed by atoms with Crippen LogP contribution in [0.25, 0.3) is 11.1 Å². The number of hydrogen-bond donors (Lipinski definition) is 1. The van der Waals surface area contributed by atoms with Crippen LogP contribution in [0, 0.1) is 5.82 Å². The van der Waals surface area contributed by atoms with Crippen LogP contribution in [-0.4, -0.2) is 5.04 Å². The van der Waals surface area contributed by atoms with Gasteiger partial charge in [-0.15, -0.1) is 0 Å². The van der Waals surface area contributed by atoms with Gasteiger partial charge in [-0.25, -0.2) is 9.11 Å². The van der Waals surface area contributed by atoms with Crippen LogP contribution in [0.5, 0.6) is 0 Å². The highest BCUT2D eigenvalue weighted by atomic mass is 32.2. The molecule has 2 heterocycles. The van der Waals surface area contributed by atoms with Crippen LogP contribution in [0.2, 0.25) is 0 Å². The van der Waals surface area contributed by atoms with Crippen molar-refractivity contribution in [3.05, 3.63) is 84.1 Å². The molecule has 0 amide bonds. The molecule has 3 aromatic rings. The van der Waals surface area contributed by atoms with Crippen molar-refractivity contribution < 1.29 is 8.81 Å². The molecular weight excluding hydrogens is 311 g/mol. The molecule has 1 atom stereocenters. The number of furan rings is 1. The van der Waals surface area contributed by atoms with Crippen LogP contribution < -0.4 is 4.72 Å². The van der Waals surface area contributed by atoms with E-state index < -0.39 is 0 Å². The summed E-state index contributed by atoms with van der Waals surface area (Å²) in [7, 11) is 0. The quantitative estimate of drug-likeness (QED) is 0.704. The fraction of sp³-hybridized carbons (Fsp3) is 0.0556. The first-order chi connectivity index (χ1) is 11.3. The first-order valence-corrected chi connectivity index (χ1v) is 8.00. The minimum absolute atomic E-state index is 0.126. The molecule has 1 aliphatic heterocycles. The standard InChI is InChI=1S/C18H13FN2OS/c19-16-6-2-4-13(10-16)12-3-1-5-14(9-12)17-20-18(23-21-17)15-7-8-22-11-15/h1-11,17,21H. The Morgan fingerprint density at radius 3 is 2.61 bits per heavy atom. The van der Waals surface area contributed by atoms with Crippen molar-refractivity contribution in [2.45, 2.75) is 6.17 Å². The molecule has 0 aliphatic carbocycles. The van der Waals surface area contributed by atoms with Crippen LogP contribution in [0.4, 0.5) is 4.39 Å². The highest BCUT2D eigenvalue weighted by molar-refractivity contribution is 8.13. The van der Waals surface area contributed by atoms with E-state index in [9.17, 15) is 4.39 Å². The lowest BCUT2D eigenvalue weighted by atomic mass is 10.0. The van der Waals surface area contributed by atoms with E-state index >= 15 is 0 Å². The van der Waals surface area contributed by atoms with E-state index in [-0.39, 0.29) is 12.0 Å². The second-order valence-corrected chi connectivity index (χ2v) is 6.03. The van der Waals surface area contributed by atoms with Crippen molar-refractivity contribution in [1.29, 1.82) is 0 Å². The third kappa shape index (κ3) is 2.93. The number of nitrogens with zero attached hydrogens (tertiary/aromatic N) is 1. The summed E-state index contributed by atoms with van der Waals surface area (Å²) in [6.45, 7) is 0. The summed E-state index contributed by atoms with van der Waals surface area (Å²) < 4.78 is 21.8. The van der Waals surface area contributed by atoms with E-state index in [2.05, 4.69) is 9.71 Å². The van der Waals surface area contributed by atoms with E-state index in [1.807, 2.05) is 36.4 Å². The molecule has 23 heavy (non-hydrogen) atoms. The Balaban J connectivity index is 1.65. The van der Waals surface area contributed by atoms with E-state index in [1.54, 1.807) is 18.6 Å². The zero-order valence-electron chi connectivity index (χ0n) is 12.1. The first kappa shape index (κ1) is 14.2. The third-order valence-corrected chi connectivity index (χ3v) is 4.52. The van der Waals surface area contributed by atoms with Crippen LogP contribution in [0.3, 0.4) is 0 Å². The Labute approximate surface area is 137 Å². The van der Waals surface area contributed by atoms with E-state index in [0.29, 0.717) is 0 Å². The molecule has 1 aliphatic rings. The van der Waals surface area contributed by atoms with E-state index in [4.69, 9.17) is 4.42 Å². The highest BCUT2D eigenvalue weighted by Gasteiger charge is 2.21. The van der Waals surface area contributed by atoms with Gasteiger partial charge in [0.15, 0.2) is 0 Å². The van der Waals surface area contributed by atoms with Gasteiger partial charge < -0.3 is 4.42 Å². The lowest BCUT2D eigenvalue weighted by Gasteiger charge is -2.09. The molecule has 1 N–H and O–H groups in total. The zero-order valence-corrected chi connectivity index (χ0v) is 12.9. The molecule has 5 heteroatoms. The minimum Gasteiger partial charge on any atom is -0.472 e. The lowest BCUT2D eigenvalue weighted by Crippen LogP contribution is -2.06. The summed E-state index contributed by atoms with van der Waals surface area (Å²) in [6, 6.07) is 16.5. The normalized spacial score (nSPS) is 17.3. The zero-order chi connectivity index (χ0) is 15.6. The van der Waals surface area contributed by atoms with Crippen molar-refractivity contribution in [2.75, 3.05) is 0 Å². The SMILES string of the molecule is Fc1cccc(-c2cccc(C3N=C(c4ccoc4)SN3)c2)c1. The van der Waals surface area contributed by atoms with Crippen LogP contribution in [-0.2, 0) is 0 Å². The van der Waals surface area contributed by atoms with Crippen molar-refractivity contribution in [2.24, 2.45) is 4.99 Å². The van der Waals surface area contributed by atoms with Gasteiger partial charge in [0, 0.05) is 5.56 Å². The molecule has 114 valence electrons. The number of nitrogens with one attached hydrogen (secondary N) is 1. The van der Waals surface area contributed by atoms with Gasteiger partial charge in [0.2, 0.25) is 0 Å². The highest BCUT2D eigenvalue weighted by Crippen LogP contribution is 2.30. The molecule has 1 aromatic heterocycles. The molecule has 3 nitrogen and oxygen atoms in total. The number of rotatable bonds is 3. The van der Waals surface area contributed by atoms with Crippen LogP contribution in [0.15, 0.2) is 76.5 Å². The number of aliphatic imine (C=N–C) groups is 1. The Morgan fingerprint density at radius 2 is 1.83 bits per heavy atom. The maximum atomic E-state index is 13.4. The van der Waals surface area contributed by atoms with E-state index in [0.717, 1.165) is 27.3 Å². The van der Waals surface area contributed by atoms with Gasteiger partial charge in [0.1, 0.15) is 23.3 Å². The monoisotopic (exact) mass is 324 g/mol. The Hall–Kier alpha value is -2.37. The van der Waals surface area contributed by atoms with Gasteiger partial charge in [-0.3, -0.25) is 4.99 Å². The molecule has 4 rings (SSSR count). The van der Waals surface area contributed by atoms with Crippen molar-refractivity contribution in [1.82, 2.24) is 4.72 Å². The summed E-state index contributed by atoms with van der Waals surface area (Å²) in [6.07, 6.45) is 3.19. The molecule has 0 radical (unpaired) electrons. The topological polar surface area (TPSA) is 37.5 Å². The Morgan fingerprint density at radius 1 is 1.00 bits per heavy atom. The molecular formula is C18H13FN2OS. The van der Waals surface area contributed by atoms with Gasteiger partial charge in [-0.2, -0.15) is 0 Å². The second kappa shape index (κ2) is 6.02. The molecule has 2 aromatic carbocycles. The fourth-order valence-corrected chi connectivity index (χ4v) is 3.30. The summed E-state index contributed by atoms with van der Waals surface area (Å²) in [5.41, 5.74) is 3.83. The predicted octanol–water partition coefficient (Wildman–Crippen LogP) is 4.78. The second-order valence-electron chi connectivity index (χ2n) is 5.20. The first-order valence-electron chi connectivity index (χ1n) is 7.18. The molecule has 0 fully saturated rings. The van der Waals surface area contributed by atoms with Crippen molar-refractivity contribution >= 4 is 17.0 Å². The summed E-state index contributed by atoms with van der Waals surface area (Å²) in [5, 5.41) is 0.903. The molecule has 1 unspecified atom stereocenters. The largest absolute Gasteiger partial charge is 0.472 e. The molecule has 0 bridgehead atoms. The van der Waals surface area contributed by atoms with Crippen molar-refractivity contribution in [3.63, 3.8) is 0 Å². The molecule has 0 saturated carbocycles. The van der Waals surface area contributed by atoms with Gasteiger partial charge in [-0.05, 0) is 52.9 Å². The van der Waals surface area contributed by atoms with Crippen LogP contribution >= 0.6 is 11.9 Å². The van der Waals surface area contributed by atoms with Gasteiger partial charge in [-0.1, -0.05) is 30.3 Å². The summed E-state index contributed by atoms with van der Waals surface area (Å²) in [4.78, 5) is 4.69. The number of benzene rings is 2. The molecule has 0 spiro atoms. The smallest absolute Gasteiger partial charge is 0.136 e. The number of halogens is 1. The number of hydrogen-bond acceptors (Lipinski definition) is 4. The fourth-order valence-electron chi connectivity index (χ4n) is 2.50. The average molecular weight is 324 g/mol. The van der Waals surface area contributed by atoms with Gasteiger partial charge in [0.05, 0.1) is 6.26 Å².